The van der Waals surface area contributed by atoms with E-state index >= 15 is 0 Å². The van der Waals surface area contributed by atoms with Gasteiger partial charge in [0.15, 0.2) is 0 Å². The molecule has 0 unspecified atom stereocenters. The molecule has 4 nitrogen and oxygen atoms in total. The fourth-order valence-electron chi connectivity index (χ4n) is 3.46. The van der Waals surface area contributed by atoms with E-state index in [0.29, 0.717) is 0 Å². The molecule has 0 aliphatic carbocycles. The van der Waals surface area contributed by atoms with Crippen LogP contribution < -0.4 is 15.5 Å². The number of anilines is 3. The predicted octanol–water partition coefficient (Wildman–Crippen LogP) is 5.24. The molecule has 0 aromatic heterocycles. The summed E-state index contributed by atoms with van der Waals surface area (Å²) in [5, 5.41) is 6.38. The van der Waals surface area contributed by atoms with Gasteiger partial charge in [-0.2, -0.15) is 0 Å². The van der Waals surface area contributed by atoms with E-state index in [1.165, 1.54) is 5.56 Å². The molecule has 0 heterocycles. The number of nitrogens with zero attached hydrogens (tertiary/aromatic N) is 1. The molecule has 4 heteroatoms. The Kier molecular flexibility index (Phi) is 6.90. The van der Waals surface area contributed by atoms with E-state index in [0.717, 1.165) is 41.2 Å². The van der Waals surface area contributed by atoms with Gasteiger partial charge in [-0.05, 0) is 42.2 Å². The Morgan fingerprint density at radius 2 is 1.66 bits per heavy atom. The molecule has 3 rings (SSSR count). The number of carbonyl (C=O) groups is 1. The molecule has 0 atom stereocenters. The number of benzene rings is 3. The standard InChI is InChI=1S/C25H29N3O/c1-4-21-14-10-11-19(2)25(21)27-24(29)17-26-22-15-8-9-16-23(22)28(3)18-20-12-6-5-7-13-20/h5-16,26H,4,17-18H2,1-3H3,(H,27,29). The molecule has 0 spiro atoms. The largest absolute Gasteiger partial charge is 0.374 e. The Morgan fingerprint density at radius 3 is 2.41 bits per heavy atom. The summed E-state index contributed by atoms with van der Waals surface area (Å²) in [6.07, 6.45) is 0.887. The molecule has 29 heavy (non-hydrogen) atoms. The number of amides is 1. The smallest absolute Gasteiger partial charge is 0.243 e. The van der Waals surface area contributed by atoms with E-state index in [1.807, 2.05) is 55.5 Å². The molecule has 1 amide bonds. The Bertz CT molecular complexity index is 953. The summed E-state index contributed by atoms with van der Waals surface area (Å²) in [5.74, 6) is -0.0467. The van der Waals surface area contributed by atoms with Crippen molar-refractivity contribution in [3.8, 4) is 0 Å². The number of hydrogen-bond donors (Lipinski definition) is 2. The minimum absolute atomic E-state index is 0.0467. The van der Waals surface area contributed by atoms with Crippen LogP contribution in [0.4, 0.5) is 17.1 Å². The molecule has 0 bridgehead atoms. The number of aryl methyl sites for hydroxylation is 2. The summed E-state index contributed by atoms with van der Waals surface area (Å²) < 4.78 is 0. The summed E-state index contributed by atoms with van der Waals surface area (Å²) in [5.41, 5.74) is 6.42. The van der Waals surface area contributed by atoms with Crippen LogP contribution in [0.1, 0.15) is 23.6 Å². The molecule has 2 N–H and O–H groups in total. The highest BCUT2D eigenvalue weighted by atomic mass is 16.1. The highest BCUT2D eigenvalue weighted by Gasteiger charge is 2.11. The van der Waals surface area contributed by atoms with Crippen LogP contribution in [-0.4, -0.2) is 19.5 Å². The maximum atomic E-state index is 12.6. The van der Waals surface area contributed by atoms with E-state index in [4.69, 9.17) is 0 Å². The molecule has 0 fully saturated rings. The first-order valence-corrected chi connectivity index (χ1v) is 10.0. The van der Waals surface area contributed by atoms with Crippen LogP contribution >= 0.6 is 0 Å². The zero-order chi connectivity index (χ0) is 20.6. The Balaban J connectivity index is 1.66. The van der Waals surface area contributed by atoms with Crippen LogP contribution in [-0.2, 0) is 17.8 Å². The zero-order valence-electron chi connectivity index (χ0n) is 17.4. The van der Waals surface area contributed by atoms with Crippen molar-refractivity contribution >= 4 is 23.0 Å². The average molecular weight is 388 g/mol. The average Bonchev–Trinajstić information content (AvgIpc) is 2.74. The van der Waals surface area contributed by atoms with Gasteiger partial charge < -0.3 is 15.5 Å². The summed E-state index contributed by atoms with van der Waals surface area (Å²) in [6, 6.07) is 24.5. The SMILES string of the molecule is CCc1cccc(C)c1NC(=O)CNc1ccccc1N(C)Cc1ccccc1. The highest BCUT2D eigenvalue weighted by Crippen LogP contribution is 2.26. The maximum Gasteiger partial charge on any atom is 0.243 e. The van der Waals surface area contributed by atoms with Gasteiger partial charge in [-0.1, -0.05) is 67.6 Å². The second kappa shape index (κ2) is 9.78. The molecule has 3 aromatic rings. The number of rotatable bonds is 8. The van der Waals surface area contributed by atoms with Crippen LogP contribution in [0, 0.1) is 6.92 Å². The lowest BCUT2D eigenvalue weighted by Gasteiger charge is -2.23. The third-order valence-electron chi connectivity index (χ3n) is 5.02. The first-order chi connectivity index (χ1) is 14.1. The van der Waals surface area contributed by atoms with Crippen molar-refractivity contribution in [2.24, 2.45) is 0 Å². The normalized spacial score (nSPS) is 10.4. The summed E-state index contributed by atoms with van der Waals surface area (Å²) in [4.78, 5) is 14.8. The first kappa shape index (κ1) is 20.5. The van der Waals surface area contributed by atoms with Gasteiger partial charge in [0.2, 0.25) is 5.91 Å². The number of para-hydroxylation sites is 3. The van der Waals surface area contributed by atoms with Crippen molar-refractivity contribution < 1.29 is 4.79 Å². The Morgan fingerprint density at radius 1 is 0.931 bits per heavy atom. The molecular weight excluding hydrogens is 358 g/mol. The Labute approximate surface area is 173 Å². The summed E-state index contributed by atoms with van der Waals surface area (Å²) in [7, 11) is 2.06. The second-order valence-electron chi connectivity index (χ2n) is 7.22. The fraction of sp³-hybridized carbons (Fsp3) is 0.240. The van der Waals surface area contributed by atoms with Crippen molar-refractivity contribution in [2.75, 3.05) is 29.1 Å². The van der Waals surface area contributed by atoms with Crippen molar-refractivity contribution in [3.05, 3.63) is 89.5 Å². The van der Waals surface area contributed by atoms with Crippen molar-refractivity contribution in [1.82, 2.24) is 0 Å². The second-order valence-corrected chi connectivity index (χ2v) is 7.22. The van der Waals surface area contributed by atoms with Gasteiger partial charge in [-0.15, -0.1) is 0 Å². The van der Waals surface area contributed by atoms with Gasteiger partial charge in [0, 0.05) is 19.3 Å². The quantitative estimate of drug-likeness (QED) is 0.555. The van der Waals surface area contributed by atoms with Crippen LogP contribution in [0.2, 0.25) is 0 Å². The van der Waals surface area contributed by atoms with Crippen LogP contribution in [0.3, 0.4) is 0 Å². The van der Waals surface area contributed by atoms with Gasteiger partial charge in [-0.3, -0.25) is 4.79 Å². The molecule has 0 aliphatic heterocycles. The van der Waals surface area contributed by atoms with E-state index < -0.39 is 0 Å². The maximum absolute atomic E-state index is 12.6. The molecule has 0 saturated heterocycles. The summed E-state index contributed by atoms with van der Waals surface area (Å²) >= 11 is 0. The lowest BCUT2D eigenvalue weighted by atomic mass is 10.1. The predicted molar refractivity (Wildman–Crippen MR) is 123 cm³/mol. The molecule has 0 saturated carbocycles. The third kappa shape index (κ3) is 5.38. The van der Waals surface area contributed by atoms with Crippen molar-refractivity contribution in [3.63, 3.8) is 0 Å². The van der Waals surface area contributed by atoms with E-state index in [2.05, 4.69) is 53.8 Å². The lowest BCUT2D eigenvalue weighted by molar-refractivity contribution is -0.114. The minimum Gasteiger partial charge on any atom is -0.374 e. The van der Waals surface area contributed by atoms with Crippen LogP contribution in [0.5, 0.6) is 0 Å². The van der Waals surface area contributed by atoms with Gasteiger partial charge >= 0.3 is 0 Å². The zero-order valence-corrected chi connectivity index (χ0v) is 17.4. The van der Waals surface area contributed by atoms with Gasteiger partial charge in [0.1, 0.15) is 0 Å². The van der Waals surface area contributed by atoms with E-state index in [9.17, 15) is 4.79 Å². The van der Waals surface area contributed by atoms with Gasteiger partial charge in [-0.25, -0.2) is 0 Å². The van der Waals surface area contributed by atoms with Crippen molar-refractivity contribution in [1.29, 1.82) is 0 Å². The molecule has 150 valence electrons. The molecule has 0 aliphatic rings. The lowest BCUT2D eigenvalue weighted by Crippen LogP contribution is -2.24. The van der Waals surface area contributed by atoms with E-state index in [-0.39, 0.29) is 12.5 Å². The minimum atomic E-state index is -0.0467. The first-order valence-electron chi connectivity index (χ1n) is 10.0. The highest BCUT2D eigenvalue weighted by molar-refractivity contribution is 5.95. The number of nitrogens with one attached hydrogen (secondary N) is 2. The number of carbonyl (C=O) groups excluding carboxylic acids is 1. The Hall–Kier alpha value is -3.27. The third-order valence-corrected chi connectivity index (χ3v) is 5.02. The van der Waals surface area contributed by atoms with Crippen LogP contribution in [0.15, 0.2) is 72.8 Å². The molecule has 3 aromatic carbocycles. The molecular formula is C25H29N3O. The van der Waals surface area contributed by atoms with Gasteiger partial charge in [0.05, 0.1) is 17.9 Å². The number of hydrogen-bond acceptors (Lipinski definition) is 3. The monoisotopic (exact) mass is 387 g/mol. The molecule has 0 radical (unpaired) electrons. The van der Waals surface area contributed by atoms with Crippen LogP contribution in [0.25, 0.3) is 0 Å². The summed E-state index contributed by atoms with van der Waals surface area (Å²) in [6.45, 7) is 5.14. The van der Waals surface area contributed by atoms with Crippen molar-refractivity contribution in [2.45, 2.75) is 26.8 Å². The van der Waals surface area contributed by atoms with Gasteiger partial charge in [0.25, 0.3) is 0 Å². The topological polar surface area (TPSA) is 44.4 Å². The van der Waals surface area contributed by atoms with E-state index in [1.54, 1.807) is 0 Å². The fourth-order valence-corrected chi connectivity index (χ4v) is 3.46.